The fourth-order valence-corrected chi connectivity index (χ4v) is 3.60. The molecule has 1 N–H and O–H groups in total. The van der Waals surface area contributed by atoms with Gasteiger partial charge in [0.1, 0.15) is 24.7 Å². The van der Waals surface area contributed by atoms with Crippen LogP contribution in [0.15, 0.2) is 48.2 Å². The van der Waals surface area contributed by atoms with E-state index in [-0.39, 0.29) is 23.6 Å². The predicted molar refractivity (Wildman–Crippen MR) is 117 cm³/mol. The first kappa shape index (κ1) is 20.8. The normalized spacial score (nSPS) is 15.7. The molecular weight excluding hydrogens is 396 g/mol. The number of nitrogens with one attached hydrogen (secondary N) is 1. The van der Waals surface area contributed by atoms with E-state index in [0.717, 1.165) is 12.2 Å². The molecular formula is C24H26N2O5. The number of rotatable bonds is 7. The highest BCUT2D eigenvalue weighted by Gasteiger charge is 2.40. The van der Waals surface area contributed by atoms with Crippen molar-refractivity contribution in [2.24, 2.45) is 0 Å². The molecule has 0 spiro atoms. The predicted octanol–water partition coefficient (Wildman–Crippen LogP) is 3.85. The summed E-state index contributed by atoms with van der Waals surface area (Å²) >= 11 is 0. The lowest BCUT2D eigenvalue weighted by Crippen LogP contribution is -2.38. The quantitative estimate of drug-likeness (QED) is 0.683. The Morgan fingerprint density at radius 3 is 2.39 bits per heavy atom. The van der Waals surface area contributed by atoms with Gasteiger partial charge in [0.25, 0.3) is 11.8 Å². The van der Waals surface area contributed by atoms with Gasteiger partial charge in [-0.2, -0.15) is 0 Å². The summed E-state index contributed by atoms with van der Waals surface area (Å²) < 4.78 is 16.8. The van der Waals surface area contributed by atoms with Crippen LogP contribution in [0.2, 0.25) is 0 Å². The Morgan fingerprint density at radius 2 is 1.71 bits per heavy atom. The first-order chi connectivity index (χ1) is 15.0. The van der Waals surface area contributed by atoms with Gasteiger partial charge in [-0.05, 0) is 50.1 Å². The largest absolute Gasteiger partial charge is 0.494 e. The SMILES string of the molecule is CCCOc1ccc(C2=C(Nc3ccc4c(c3)OCCO4)C(=O)N(C(C)C)C2=O)cc1. The van der Waals surface area contributed by atoms with Crippen LogP contribution in [0.1, 0.15) is 32.8 Å². The molecule has 2 aromatic rings. The summed E-state index contributed by atoms with van der Waals surface area (Å²) in [5.74, 6) is 1.32. The average Bonchev–Trinajstić information content (AvgIpc) is 3.02. The van der Waals surface area contributed by atoms with E-state index in [1.165, 1.54) is 4.90 Å². The first-order valence-corrected chi connectivity index (χ1v) is 10.5. The lowest BCUT2D eigenvalue weighted by molar-refractivity contribution is -0.138. The third-order valence-electron chi connectivity index (χ3n) is 5.06. The maximum atomic E-state index is 13.2. The van der Waals surface area contributed by atoms with Crippen molar-refractivity contribution in [2.75, 3.05) is 25.1 Å². The molecule has 2 amide bonds. The molecule has 162 valence electrons. The minimum atomic E-state index is -0.351. The maximum Gasteiger partial charge on any atom is 0.278 e. The highest BCUT2D eigenvalue weighted by molar-refractivity contribution is 6.36. The van der Waals surface area contributed by atoms with Crippen LogP contribution in [0.5, 0.6) is 17.2 Å². The standard InChI is InChI=1S/C24H26N2O5/c1-4-11-29-18-8-5-16(6-9-18)21-22(24(28)26(15(2)3)23(21)27)25-17-7-10-19-20(14-17)31-13-12-30-19/h5-10,14-15,25H,4,11-13H2,1-3H3. The summed E-state index contributed by atoms with van der Waals surface area (Å²) in [6.45, 7) is 7.28. The van der Waals surface area contributed by atoms with Gasteiger partial charge >= 0.3 is 0 Å². The van der Waals surface area contributed by atoms with Gasteiger partial charge < -0.3 is 19.5 Å². The summed E-state index contributed by atoms with van der Waals surface area (Å²) in [7, 11) is 0. The molecule has 4 rings (SSSR count). The van der Waals surface area contributed by atoms with Crippen molar-refractivity contribution in [1.29, 1.82) is 0 Å². The number of ether oxygens (including phenoxy) is 3. The number of anilines is 1. The molecule has 31 heavy (non-hydrogen) atoms. The Hall–Kier alpha value is -3.48. The van der Waals surface area contributed by atoms with Crippen LogP contribution in [0.4, 0.5) is 5.69 Å². The number of nitrogens with zero attached hydrogens (tertiary/aromatic N) is 1. The Bertz CT molecular complexity index is 1030. The van der Waals surface area contributed by atoms with Crippen LogP contribution in [-0.2, 0) is 9.59 Å². The minimum Gasteiger partial charge on any atom is -0.494 e. The van der Waals surface area contributed by atoms with E-state index >= 15 is 0 Å². The maximum absolute atomic E-state index is 13.2. The second kappa shape index (κ2) is 8.71. The van der Waals surface area contributed by atoms with Crippen LogP contribution < -0.4 is 19.5 Å². The number of benzene rings is 2. The van der Waals surface area contributed by atoms with E-state index in [9.17, 15) is 9.59 Å². The van der Waals surface area contributed by atoms with Crippen LogP contribution in [0.25, 0.3) is 5.57 Å². The number of hydrogen-bond donors (Lipinski definition) is 1. The zero-order valence-corrected chi connectivity index (χ0v) is 17.9. The topological polar surface area (TPSA) is 77.1 Å². The zero-order chi connectivity index (χ0) is 22.0. The molecule has 2 heterocycles. The van der Waals surface area contributed by atoms with Crippen molar-refractivity contribution < 1.29 is 23.8 Å². The molecule has 0 saturated carbocycles. The first-order valence-electron chi connectivity index (χ1n) is 10.5. The Morgan fingerprint density at radius 1 is 1.00 bits per heavy atom. The summed E-state index contributed by atoms with van der Waals surface area (Å²) in [6, 6.07) is 12.3. The van der Waals surface area contributed by atoms with Crippen molar-refractivity contribution in [3.05, 3.63) is 53.7 Å². The molecule has 7 nitrogen and oxygen atoms in total. The fraction of sp³-hybridized carbons (Fsp3) is 0.333. The molecule has 0 aliphatic carbocycles. The zero-order valence-electron chi connectivity index (χ0n) is 17.9. The van der Waals surface area contributed by atoms with Crippen molar-refractivity contribution >= 4 is 23.1 Å². The third-order valence-corrected chi connectivity index (χ3v) is 5.06. The van der Waals surface area contributed by atoms with Crippen molar-refractivity contribution in [1.82, 2.24) is 4.90 Å². The number of fused-ring (bicyclic) bond motifs is 1. The second-order valence-electron chi connectivity index (χ2n) is 7.68. The van der Waals surface area contributed by atoms with Gasteiger partial charge in [-0.15, -0.1) is 0 Å². The molecule has 0 radical (unpaired) electrons. The van der Waals surface area contributed by atoms with E-state index in [0.29, 0.717) is 48.1 Å². The van der Waals surface area contributed by atoms with E-state index in [4.69, 9.17) is 14.2 Å². The number of hydrogen-bond acceptors (Lipinski definition) is 6. The van der Waals surface area contributed by atoms with Crippen molar-refractivity contribution in [3.8, 4) is 17.2 Å². The van der Waals surface area contributed by atoms with Gasteiger partial charge in [0.15, 0.2) is 11.5 Å². The lowest BCUT2D eigenvalue weighted by atomic mass is 10.0. The molecule has 0 atom stereocenters. The number of amides is 2. The third kappa shape index (κ3) is 4.08. The van der Waals surface area contributed by atoms with E-state index in [1.54, 1.807) is 30.3 Å². The Balaban J connectivity index is 1.70. The summed E-state index contributed by atoms with van der Waals surface area (Å²) in [5, 5.41) is 3.15. The highest BCUT2D eigenvalue weighted by atomic mass is 16.6. The molecule has 2 aliphatic rings. The van der Waals surface area contributed by atoms with Crippen molar-refractivity contribution in [3.63, 3.8) is 0 Å². The van der Waals surface area contributed by atoms with E-state index in [1.807, 2.05) is 32.9 Å². The van der Waals surface area contributed by atoms with E-state index < -0.39 is 0 Å². The van der Waals surface area contributed by atoms with Gasteiger partial charge in [0.05, 0.1) is 12.2 Å². The van der Waals surface area contributed by atoms with Gasteiger partial charge in [-0.25, -0.2) is 0 Å². The summed E-state index contributed by atoms with van der Waals surface area (Å²) in [5.41, 5.74) is 1.89. The molecule has 0 bridgehead atoms. The van der Waals surface area contributed by atoms with Gasteiger partial charge in [0.2, 0.25) is 0 Å². The Kier molecular flexibility index (Phi) is 5.84. The molecule has 7 heteroatoms. The van der Waals surface area contributed by atoms with Crippen LogP contribution >= 0.6 is 0 Å². The molecule has 0 aromatic heterocycles. The van der Waals surface area contributed by atoms with E-state index in [2.05, 4.69) is 5.32 Å². The number of imide groups is 1. The number of carbonyl (C=O) groups is 2. The molecule has 2 aromatic carbocycles. The smallest absolute Gasteiger partial charge is 0.278 e. The highest BCUT2D eigenvalue weighted by Crippen LogP contribution is 2.36. The summed E-state index contributed by atoms with van der Waals surface area (Å²) in [4.78, 5) is 27.6. The Labute approximate surface area is 181 Å². The van der Waals surface area contributed by atoms with Crippen molar-refractivity contribution in [2.45, 2.75) is 33.2 Å². The fourth-order valence-electron chi connectivity index (χ4n) is 3.60. The molecule has 0 fully saturated rings. The monoisotopic (exact) mass is 422 g/mol. The molecule has 0 saturated heterocycles. The van der Waals surface area contributed by atoms with Gasteiger partial charge in [0, 0.05) is 17.8 Å². The molecule has 2 aliphatic heterocycles. The lowest BCUT2D eigenvalue weighted by Gasteiger charge is -2.20. The number of carbonyl (C=O) groups excluding carboxylic acids is 2. The van der Waals surface area contributed by atoms with Crippen LogP contribution in [-0.4, -0.2) is 42.6 Å². The van der Waals surface area contributed by atoms with Gasteiger partial charge in [-0.1, -0.05) is 19.1 Å². The van der Waals surface area contributed by atoms with Crippen LogP contribution in [0, 0.1) is 0 Å². The second-order valence-corrected chi connectivity index (χ2v) is 7.68. The summed E-state index contributed by atoms with van der Waals surface area (Å²) in [6.07, 6.45) is 0.910. The average molecular weight is 422 g/mol. The van der Waals surface area contributed by atoms with Gasteiger partial charge in [-0.3, -0.25) is 14.5 Å². The van der Waals surface area contributed by atoms with Crippen LogP contribution in [0.3, 0.4) is 0 Å². The minimum absolute atomic E-state index is 0.248. The molecule has 0 unspecified atom stereocenters.